The lowest BCUT2D eigenvalue weighted by Crippen LogP contribution is -2.35. The van der Waals surface area contributed by atoms with Gasteiger partial charge in [-0.05, 0) is 31.2 Å². The van der Waals surface area contributed by atoms with Crippen molar-refractivity contribution in [1.82, 2.24) is 29.6 Å². The van der Waals surface area contributed by atoms with Gasteiger partial charge >= 0.3 is 0 Å². The molecular formula is C23H21ClN6O. The SMILES string of the molecule is Cc1nn(-c2ccccc2)c(Cl)c1CN1CCc2nc(-c3ccncc3)[nH]c(=O)c2C1. The molecule has 5 rings (SSSR count). The van der Waals surface area contributed by atoms with Crippen LogP contribution >= 0.6 is 11.6 Å². The number of pyridine rings is 1. The molecular weight excluding hydrogens is 412 g/mol. The van der Waals surface area contributed by atoms with E-state index in [2.05, 4.69) is 20.0 Å². The Hall–Kier alpha value is -3.29. The molecule has 4 aromatic rings. The third kappa shape index (κ3) is 3.78. The van der Waals surface area contributed by atoms with Crippen molar-refractivity contribution in [2.24, 2.45) is 0 Å². The van der Waals surface area contributed by atoms with E-state index in [1.54, 1.807) is 17.1 Å². The summed E-state index contributed by atoms with van der Waals surface area (Å²) in [7, 11) is 0. The van der Waals surface area contributed by atoms with Crippen molar-refractivity contribution in [1.29, 1.82) is 0 Å². The Bertz CT molecular complexity index is 1280. The van der Waals surface area contributed by atoms with E-state index in [4.69, 9.17) is 16.6 Å². The molecule has 1 N–H and O–H groups in total. The smallest absolute Gasteiger partial charge is 0.255 e. The lowest BCUT2D eigenvalue weighted by molar-refractivity contribution is 0.241. The van der Waals surface area contributed by atoms with E-state index in [1.807, 2.05) is 49.4 Å². The summed E-state index contributed by atoms with van der Waals surface area (Å²) < 4.78 is 1.76. The summed E-state index contributed by atoms with van der Waals surface area (Å²) in [6.45, 7) is 3.92. The molecule has 31 heavy (non-hydrogen) atoms. The molecule has 1 aliphatic heterocycles. The summed E-state index contributed by atoms with van der Waals surface area (Å²) >= 11 is 6.69. The van der Waals surface area contributed by atoms with E-state index in [0.29, 0.717) is 36.1 Å². The first kappa shape index (κ1) is 19.7. The zero-order valence-electron chi connectivity index (χ0n) is 17.0. The highest BCUT2D eigenvalue weighted by atomic mass is 35.5. The first-order chi connectivity index (χ1) is 15.1. The monoisotopic (exact) mass is 432 g/mol. The Balaban J connectivity index is 1.40. The van der Waals surface area contributed by atoms with Crippen molar-refractivity contribution < 1.29 is 0 Å². The molecule has 0 unspecified atom stereocenters. The van der Waals surface area contributed by atoms with Crippen LogP contribution in [0.3, 0.4) is 0 Å². The maximum absolute atomic E-state index is 12.8. The van der Waals surface area contributed by atoms with Crippen molar-refractivity contribution in [3.05, 3.63) is 92.9 Å². The molecule has 0 saturated heterocycles. The predicted molar refractivity (Wildman–Crippen MR) is 119 cm³/mol. The van der Waals surface area contributed by atoms with Crippen LogP contribution in [0.15, 0.2) is 59.7 Å². The van der Waals surface area contributed by atoms with E-state index in [-0.39, 0.29) is 5.56 Å². The molecule has 156 valence electrons. The van der Waals surface area contributed by atoms with E-state index in [9.17, 15) is 4.79 Å². The van der Waals surface area contributed by atoms with Crippen LogP contribution < -0.4 is 5.56 Å². The molecule has 0 spiro atoms. The number of aromatic amines is 1. The molecule has 8 heteroatoms. The van der Waals surface area contributed by atoms with Crippen molar-refractivity contribution in [3.8, 4) is 17.1 Å². The van der Waals surface area contributed by atoms with Crippen LogP contribution in [0.1, 0.15) is 22.5 Å². The number of fused-ring (bicyclic) bond motifs is 1. The minimum atomic E-state index is -0.0932. The van der Waals surface area contributed by atoms with Crippen LogP contribution in [0.4, 0.5) is 0 Å². The summed E-state index contributed by atoms with van der Waals surface area (Å²) in [4.78, 5) is 26.7. The molecule has 0 saturated carbocycles. The number of aromatic nitrogens is 5. The molecule has 1 aliphatic rings. The highest BCUT2D eigenvalue weighted by Crippen LogP contribution is 2.27. The predicted octanol–water partition coefficient (Wildman–Crippen LogP) is 3.54. The minimum absolute atomic E-state index is 0.0932. The fraction of sp³-hybridized carbons (Fsp3) is 0.217. The lowest BCUT2D eigenvalue weighted by Gasteiger charge is -2.27. The fourth-order valence-corrected chi connectivity index (χ4v) is 4.27. The molecule has 0 bridgehead atoms. The van der Waals surface area contributed by atoms with Crippen LogP contribution in [0.5, 0.6) is 0 Å². The molecule has 0 radical (unpaired) electrons. The van der Waals surface area contributed by atoms with Crippen molar-refractivity contribution in [2.75, 3.05) is 6.54 Å². The highest BCUT2D eigenvalue weighted by molar-refractivity contribution is 6.30. The molecule has 0 amide bonds. The second kappa shape index (κ2) is 8.09. The lowest BCUT2D eigenvalue weighted by atomic mass is 10.1. The van der Waals surface area contributed by atoms with Gasteiger partial charge in [0.25, 0.3) is 5.56 Å². The maximum atomic E-state index is 12.8. The number of nitrogens with one attached hydrogen (secondary N) is 1. The first-order valence-corrected chi connectivity index (χ1v) is 10.5. The van der Waals surface area contributed by atoms with Gasteiger partial charge in [-0.15, -0.1) is 0 Å². The third-order valence-corrected chi connectivity index (χ3v) is 5.99. The summed E-state index contributed by atoms with van der Waals surface area (Å²) in [5.74, 6) is 0.586. The zero-order chi connectivity index (χ0) is 21.4. The topological polar surface area (TPSA) is 79.7 Å². The highest BCUT2D eigenvalue weighted by Gasteiger charge is 2.24. The van der Waals surface area contributed by atoms with Gasteiger partial charge in [0.2, 0.25) is 0 Å². The Labute approximate surface area is 184 Å². The van der Waals surface area contributed by atoms with E-state index in [1.165, 1.54) is 0 Å². The fourth-order valence-electron chi connectivity index (χ4n) is 3.94. The summed E-state index contributed by atoms with van der Waals surface area (Å²) in [6, 6.07) is 13.5. The van der Waals surface area contributed by atoms with Gasteiger partial charge in [0, 0.05) is 49.6 Å². The van der Waals surface area contributed by atoms with Gasteiger partial charge in [-0.3, -0.25) is 14.7 Å². The van der Waals surface area contributed by atoms with Crippen molar-refractivity contribution in [2.45, 2.75) is 26.4 Å². The van der Waals surface area contributed by atoms with Gasteiger partial charge in [0.15, 0.2) is 0 Å². The van der Waals surface area contributed by atoms with Gasteiger partial charge in [-0.2, -0.15) is 5.10 Å². The summed E-state index contributed by atoms with van der Waals surface area (Å²) in [5, 5.41) is 5.23. The van der Waals surface area contributed by atoms with Crippen LogP contribution in [0.25, 0.3) is 17.1 Å². The van der Waals surface area contributed by atoms with Crippen LogP contribution in [-0.2, 0) is 19.5 Å². The summed E-state index contributed by atoms with van der Waals surface area (Å²) in [5.41, 5.74) is 5.13. The number of benzene rings is 1. The number of aryl methyl sites for hydroxylation is 1. The van der Waals surface area contributed by atoms with E-state index in [0.717, 1.165) is 34.7 Å². The average Bonchev–Trinajstić information content (AvgIpc) is 3.09. The number of para-hydroxylation sites is 1. The number of nitrogens with zero attached hydrogens (tertiary/aromatic N) is 5. The minimum Gasteiger partial charge on any atom is -0.306 e. The van der Waals surface area contributed by atoms with Gasteiger partial charge in [0.1, 0.15) is 11.0 Å². The number of halogens is 1. The third-order valence-electron chi connectivity index (χ3n) is 5.61. The Morgan fingerprint density at radius 3 is 2.68 bits per heavy atom. The number of hydrogen-bond donors (Lipinski definition) is 1. The van der Waals surface area contributed by atoms with Crippen LogP contribution in [0, 0.1) is 6.92 Å². The van der Waals surface area contributed by atoms with Gasteiger partial charge in [0.05, 0.1) is 22.6 Å². The Morgan fingerprint density at radius 1 is 1.13 bits per heavy atom. The summed E-state index contributed by atoms with van der Waals surface area (Å²) in [6.07, 6.45) is 4.09. The molecule has 0 aliphatic carbocycles. The molecule has 7 nitrogen and oxygen atoms in total. The van der Waals surface area contributed by atoms with Crippen LogP contribution in [-0.4, -0.2) is 36.2 Å². The van der Waals surface area contributed by atoms with E-state index >= 15 is 0 Å². The number of hydrogen-bond acceptors (Lipinski definition) is 5. The quantitative estimate of drug-likeness (QED) is 0.533. The number of rotatable bonds is 4. The number of H-pyrrole nitrogens is 1. The second-order valence-corrected chi connectivity index (χ2v) is 8.00. The molecule has 1 aromatic carbocycles. The Morgan fingerprint density at radius 2 is 1.90 bits per heavy atom. The standard InChI is InChI=1S/C23H21ClN6O/c1-15-18(21(24)30(28-15)17-5-3-2-4-6-17)13-29-12-9-20-19(14-29)23(31)27-22(26-20)16-7-10-25-11-8-16/h2-8,10-11H,9,12-14H2,1H3,(H,26,27,31). The van der Waals surface area contributed by atoms with Crippen molar-refractivity contribution >= 4 is 11.6 Å². The average molecular weight is 433 g/mol. The Kier molecular flexibility index (Phi) is 5.13. The molecule has 4 heterocycles. The van der Waals surface area contributed by atoms with Gasteiger partial charge in [-0.1, -0.05) is 29.8 Å². The van der Waals surface area contributed by atoms with E-state index < -0.39 is 0 Å². The van der Waals surface area contributed by atoms with Crippen molar-refractivity contribution in [3.63, 3.8) is 0 Å². The first-order valence-electron chi connectivity index (χ1n) is 10.1. The van der Waals surface area contributed by atoms with Gasteiger partial charge in [-0.25, -0.2) is 9.67 Å². The maximum Gasteiger partial charge on any atom is 0.255 e. The molecule has 0 fully saturated rings. The second-order valence-electron chi connectivity index (χ2n) is 7.64. The van der Waals surface area contributed by atoms with Crippen LogP contribution in [0.2, 0.25) is 5.15 Å². The normalized spacial score (nSPS) is 13.9. The molecule has 3 aromatic heterocycles. The largest absolute Gasteiger partial charge is 0.306 e. The van der Waals surface area contributed by atoms with Gasteiger partial charge < -0.3 is 4.98 Å². The molecule has 0 atom stereocenters. The zero-order valence-corrected chi connectivity index (χ0v) is 17.8.